The molecule has 14 heavy (non-hydrogen) atoms. The van der Waals surface area contributed by atoms with Crippen LogP contribution in [0.2, 0.25) is 5.02 Å². The molecule has 0 fully saturated rings. The Bertz CT molecular complexity index is 388. The van der Waals surface area contributed by atoms with Gasteiger partial charge in [0.2, 0.25) is 10.9 Å². The number of carbonyl (C=O) groups is 1. The van der Waals surface area contributed by atoms with Crippen molar-refractivity contribution in [3.05, 3.63) is 38.7 Å². The molecule has 0 bridgehead atoms. The summed E-state index contributed by atoms with van der Waals surface area (Å²) in [6, 6.07) is 1.47. The molecule has 0 amide bonds. The maximum atomic E-state index is 12.9. The zero-order valence-electron chi connectivity index (χ0n) is 6.53. The van der Waals surface area contributed by atoms with Gasteiger partial charge in [0, 0.05) is 12.1 Å². The van der Waals surface area contributed by atoms with Crippen molar-refractivity contribution in [2.75, 3.05) is 0 Å². The fourth-order valence-electron chi connectivity index (χ4n) is 0.841. The summed E-state index contributed by atoms with van der Waals surface area (Å²) >= 11 is 8.91. The maximum absolute atomic E-state index is 12.9. The first-order chi connectivity index (χ1) is 6.43. The van der Waals surface area contributed by atoms with E-state index in [0.717, 1.165) is 6.07 Å². The van der Waals surface area contributed by atoms with E-state index >= 15 is 0 Å². The van der Waals surface area contributed by atoms with Gasteiger partial charge in [-0.15, -0.1) is 12.6 Å². The molecule has 0 spiro atoms. The molecular formula is C7H3ClFNO3S. The topological polar surface area (TPSA) is 60.2 Å². The minimum atomic E-state index is -1.08. The predicted molar refractivity (Wildman–Crippen MR) is 51.4 cm³/mol. The predicted octanol–water partition coefficient (Wildman–Crippen LogP) is 2.46. The third kappa shape index (κ3) is 2.02. The molecule has 0 aromatic heterocycles. The van der Waals surface area contributed by atoms with E-state index in [9.17, 15) is 19.3 Å². The number of halogens is 2. The Kier molecular flexibility index (Phi) is 3.07. The molecule has 0 saturated heterocycles. The lowest BCUT2D eigenvalue weighted by Gasteiger charge is -1.99. The van der Waals surface area contributed by atoms with Crippen molar-refractivity contribution in [1.29, 1.82) is 0 Å². The average molecular weight is 236 g/mol. The van der Waals surface area contributed by atoms with Gasteiger partial charge < -0.3 is 0 Å². The number of nitro groups is 1. The highest BCUT2D eigenvalue weighted by atomic mass is 35.5. The van der Waals surface area contributed by atoms with E-state index < -0.39 is 21.5 Å². The number of benzene rings is 1. The molecule has 0 atom stereocenters. The SMILES string of the molecule is O=C(S)c1cc([N+](=O)[O-])c(F)cc1Cl. The normalized spacial score (nSPS) is 9.93. The van der Waals surface area contributed by atoms with Crippen molar-refractivity contribution in [1.82, 2.24) is 0 Å². The Morgan fingerprint density at radius 3 is 2.57 bits per heavy atom. The van der Waals surface area contributed by atoms with Gasteiger partial charge in [0.15, 0.2) is 0 Å². The van der Waals surface area contributed by atoms with Crippen molar-refractivity contribution in [2.24, 2.45) is 0 Å². The summed E-state index contributed by atoms with van der Waals surface area (Å²) in [6.07, 6.45) is 0. The average Bonchev–Trinajstić information content (AvgIpc) is 2.02. The van der Waals surface area contributed by atoms with Crippen molar-refractivity contribution in [3.63, 3.8) is 0 Å². The number of rotatable bonds is 2. The van der Waals surface area contributed by atoms with Gasteiger partial charge in [-0.25, -0.2) is 0 Å². The van der Waals surface area contributed by atoms with Crippen molar-refractivity contribution < 1.29 is 14.1 Å². The molecule has 1 rings (SSSR count). The molecule has 0 radical (unpaired) electrons. The van der Waals surface area contributed by atoms with Crippen molar-refractivity contribution in [2.45, 2.75) is 0 Å². The van der Waals surface area contributed by atoms with Gasteiger partial charge in [0.05, 0.1) is 15.5 Å². The van der Waals surface area contributed by atoms with Gasteiger partial charge in [0.1, 0.15) is 0 Å². The fourth-order valence-corrected chi connectivity index (χ4v) is 1.33. The molecule has 1 aromatic rings. The Morgan fingerprint density at radius 1 is 1.57 bits per heavy atom. The second-order valence-electron chi connectivity index (χ2n) is 2.35. The van der Waals surface area contributed by atoms with Crippen LogP contribution in [0.5, 0.6) is 0 Å². The van der Waals surface area contributed by atoms with Crippen LogP contribution in [0.25, 0.3) is 0 Å². The number of hydrogen-bond acceptors (Lipinski definition) is 3. The third-order valence-corrected chi connectivity index (χ3v) is 2.02. The van der Waals surface area contributed by atoms with Gasteiger partial charge in [0.25, 0.3) is 0 Å². The summed E-state index contributed by atoms with van der Waals surface area (Å²) in [5.41, 5.74) is -0.991. The van der Waals surface area contributed by atoms with E-state index in [0.29, 0.717) is 6.07 Å². The van der Waals surface area contributed by atoms with E-state index in [1.807, 2.05) is 0 Å². The van der Waals surface area contributed by atoms with Gasteiger partial charge >= 0.3 is 5.69 Å². The maximum Gasteiger partial charge on any atom is 0.305 e. The van der Waals surface area contributed by atoms with Crippen LogP contribution in [0, 0.1) is 15.9 Å². The molecule has 1 aromatic carbocycles. The van der Waals surface area contributed by atoms with Gasteiger partial charge in [-0.2, -0.15) is 4.39 Å². The van der Waals surface area contributed by atoms with E-state index in [-0.39, 0.29) is 10.6 Å². The molecule has 0 unspecified atom stereocenters. The second kappa shape index (κ2) is 3.93. The Morgan fingerprint density at radius 2 is 2.14 bits per heavy atom. The molecule has 0 N–H and O–H groups in total. The molecule has 0 aliphatic carbocycles. The lowest BCUT2D eigenvalue weighted by atomic mass is 10.2. The number of hydrogen-bond donors (Lipinski definition) is 1. The minimum Gasteiger partial charge on any atom is -0.282 e. The van der Waals surface area contributed by atoms with Crippen LogP contribution in [0.4, 0.5) is 10.1 Å². The quantitative estimate of drug-likeness (QED) is 0.487. The second-order valence-corrected chi connectivity index (χ2v) is 3.16. The molecule has 0 heterocycles. The van der Waals surface area contributed by atoms with Crippen molar-refractivity contribution in [3.8, 4) is 0 Å². The molecule has 74 valence electrons. The highest BCUT2D eigenvalue weighted by Gasteiger charge is 2.19. The summed E-state index contributed by atoms with van der Waals surface area (Å²) in [5, 5.41) is 9.34. The molecular weight excluding hydrogens is 233 g/mol. The van der Waals surface area contributed by atoms with Gasteiger partial charge in [-0.05, 0) is 0 Å². The monoisotopic (exact) mass is 235 g/mol. The summed E-state index contributed by atoms with van der Waals surface area (Å²) in [4.78, 5) is 20.1. The first kappa shape index (κ1) is 10.9. The smallest absolute Gasteiger partial charge is 0.282 e. The highest BCUT2D eigenvalue weighted by molar-refractivity contribution is 7.97. The Hall–Kier alpha value is -1.14. The zero-order valence-corrected chi connectivity index (χ0v) is 8.18. The first-order valence-electron chi connectivity index (χ1n) is 3.30. The lowest BCUT2D eigenvalue weighted by molar-refractivity contribution is -0.387. The Labute approximate surface area is 88.2 Å². The summed E-state index contributed by atoms with van der Waals surface area (Å²) in [6.45, 7) is 0. The first-order valence-corrected chi connectivity index (χ1v) is 4.12. The van der Waals surface area contributed by atoms with E-state index in [4.69, 9.17) is 11.6 Å². The van der Waals surface area contributed by atoms with E-state index in [2.05, 4.69) is 12.6 Å². The zero-order chi connectivity index (χ0) is 10.9. The molecule has 0 saturated carbocycles. The molecule has 0 aliphatic heterocycles. The van der Waals surface area contributed by atoms with Crippen LogP contribution >= 0.6 is 24.2 Å². The lowest BCUT2D eigenvalue weighted by Crippen LogP contribution is -1.98. The number of nitrogens with zero attached hydrogens (tertiary/aromatic N) is 1. The fraction of sp³-hybridized carbons (Fsp3) is 0. The standard InChI is InChI=1S/C7H3ClFNO3S/c8-4-2-5(9)6(10(12)13)1-3(4)7(11)14/h1-2H,(H,11,14). The molecule has 4 nitrogen and oxygen atoms in total. The van der Waals surface area contributed by atoms with E-state index in [1.165, 1.54) is 0 Å². The third-order valence-electron chi connectivity index (χ3n) is 1.46. The largest absolute Gasteiger partial charge is 0.305 e. The van der Waals surface area contributed by atoms with Crippen LogP contribution in [0.1, 0.15) is 10.4 Å². The van der Waals surface area contributed by atoms with Crippen LogP contribution in [0.15, 0.2) is 12.1 Å². The number of thiol groups is 1. The number of carbonyl (C=O) groups excluding carboxylic acids is 1. The van der Waals surface area contributed by atoms with Crippen LogP contribution in [0.3, 0.4) is 0 Å². The van der Waals surface area contributed by atoms with Crippen molar-refractivity contribution >= 4 is 35.0 Å². The Balaban J connectivity index is 3.42. The molecule has 7 heteroatoms. The summed E-state index contributed by atoms with van der Waals surface area (Å²) in [5.74, 6) is -1.08. The van der Waals surface area contributed by atoms with Gasteiger partial charge in [-0.1, -0.05) is 11.6 Å². The molecule has 0 aliphatic rings. The van der Waals surface area contributed by atoms with Crippen LogP contribution < -0.4 is 0 Å². The van der Waals surface area contributed by atoms with E-state index in [1.54, 1.807) is 0 Å². The van der Waals surface area contributed by atoms with Crippen LogP contribution in [-0.4, -0.2) is 10.0 Å². The summed E-state index contributed by atoms with van der Waals surface area (Å²) < 4.78 is 12.9. The number of nitro benzene ring substituents is 1. The van der Waals surface area contributed by atoms with Crippen LogP contribution in [-0.2, 0) is 0 Å². The highest BCUT2D eigenvalue weighted by Crippen LogP contribution is 2.26. The summed E-state index contributed by atoms with van der Waals surface area (Å²) in [7, 11) is 0. The minimum absolute atomic E-state index is 0.192. The van der Waals surface area contributed by atoms with Gasteiger partial charge in [-0.3, -0.25) is 14.9 Å².